The molecule has 1 aliphatic heterocycles. The minimum absolute atomic E-state index is 0.0183. The van der Waals surface area contributed by atoms with Gasteiger partial charge in [-0.2, -0.15) is 0 Å². The van der Waals surface area contributed by atoms with Crippen molar-refractivity contribution in [2.45, 2.75) is 85.4 Å². The number of aliphatic hydroxyl groups excluding tert-OH is 1. The van der Waals surface area contributed by atoms with Crippen LogP contribution in [0.4, 0.5) is 4.79 Å². The molecule has 2 N–H and O–H groups in total. The number of ketones is 1. The second-order valence-electron chi connectivity index (χ2n) is 10.8. The Bertz CT molecular complexity index is 1140. The Labute approximate surface area is 245 Å². The van der Waals surface area contributed by atoms with Gasteiger partial charge >= 0.3 is 6.03 Å². The highest BCUT2D eigenvalue weighted by atomic mass is 16.5. The van der Waals surface area contributed by atoms with E-state index in [-0.39, 0.29) is 29.8 Å². The fourth-order valence-electron chi connectivity index (χ4n) is 5.65. The molecule has 8 heteroatoms. The molecule has 0 spiro atoms. The van der Waals surface area contributed by atoms with E-state index in [4.69, 9.17) is 14.2 Å². The van der Waals surface area contributed by atoms with Crippen LogP contribution in [0.25, 0.3) is 0 Å². The molecule has 8 nitrogen and oxygen atoms in total. The van der Waals surface area contributed by atoms with Gasteiger partial charge in [-0.25, -0.2) is 4.79 Å². The first-order valence-corrected chi connectivity index (χ1v) is 15.0. The Morgan fingerprint density at radius 1 is 1.12 bits per heavy atom. The van der Waals surface area contributed by atoms with Gasteiger partial charge in [0.2, 0.25) is 0 Å². The van der Waals surface area contributed by atoms with Gasteiger partial charge in [0.15, 0.2) is 0 Å². The van der Waals surface area contributed by atoms with Gasteiger partial charge in [0.1, 0.15) is 17.3 Å². The molecular formula is C33H48N2O6. The van der Waals surface area contributed by atoms with Gasteiger partial charge in [0, 0.05) is 19.2 Å². The molecule has 2 aromatic rings. The van der Waals surface area contributed by atoms with Crippen molar-refractivity contribution in [2.24, 2.45) is 5.92 Å². The predicted octanol–water partition coefficient (Wildman–Crippen LogP) is 5.94. The Morgan fingerprint density at radius 3 is 2.46 bits per heavy atom. The van der Waals surface area contributed by atoms with Crippen LogP contribution in [0.2, 0.25) is 0 Å². The van der Waals surface area contributed by atoms with Gasteiger partial charge in [0.05, 0.1) is 43.4 Å². The summed E-state index contributed by atoms with van der Waals surface area (Å²) in [4.78, 5) is 28.1. The number of Topliss-reactive ketones (excluding diaryl/α,β-unsaturated/α-hetero) is 1. The van der Waals surface area contributed by atoms with Crippen LogP contribution in [0.15, 0.2) is 36.4 Å². The van der Waals surface area contributed by atoms with Crippen LogP contribution in [0, 0.1) is 12.8 Å². The van der Waals surface area contributed by atoms with E-state index in [0.29, 0.717) is 56.5 Å². The summed E-state index contributed by atoms with van der Waals surface area (Å²) in [5, 5.41) is 13.8. The first-order valence-electron chi connectivity index (χ1n) is 15.0. The summed E-state index contributed by atoms with van der Waals surface area (Å²) in [5.74, 6) is 0.818. The number of unbranched alkanes of at least 4 members (excludes halogenated alkanes) is 1. The van der Waals surface area contributed by atoms with E-state index < -0.39 is 6.10 Å². The minimum Gasteiger partial charge on any atom is -0.493 e. The number of nitrogens with one attached hydrogen (secondary N) is 1. The van der Waals surface area contributed by atoms with Crippen molar-refractivity contribution < 1.29 is 28.9 Å². The molecule has 0 radical (unpaired) electrons. The van der Waals surface area contributed by atoms with Crippen molar-refractivity contribution in [1.29, 1.82) is 0 Å². The summed E-state index contributed by atoms with van der Waals surface area (Å²) >= 11 is 0. The van der Waals surface area contributed by atoms with Gasteiger partial charge in [-0.15, -0.1) is 0 Å². The van der Waals surface area contributed by atoms with Crippen molar-refractivity contribution in [3.8, 4) is 11.5 Å². The zero-order valence-corrected chi connectivity index (χ0v) is 25.6. The average molecular weight is 569 g/mol. The average Bonchev–Trinajstić information content (AvgIpc) is 2.95. The molecule has 1 aliphatic rings. The third kappa shape index (κ3) is 8.46. The van der Waals surface area contributed by atoms with Crippen molar-refractivity contribution in [1.82, 2.24) is 10.2 Å². The van der Waals surface area contributed by atoms with Crippen LogP contribution in [0.5, 0.6) is 11.5 Å². The van der Waals surface area contributed by atoms with E-state index >= 15 is 0 Å². The van der Waals surface area contributed by atoms with E-state index in [0.717, 1.165) is 30.4 Å². The molecule has 2 aromatic carbocycles. The largest absolute Gasteiger partial charge is 0.493 e. The Morgan fingerprint density at radius 2 is 1.83 bits per heavy atom. The van der Waals surface area contributed by atoms with Gasteiger partial charge in [0.25, 0.3) is 0 Å². The summed E-state index contributed by atoms with van der Waals surface area (Å²) < 4.78 is 17.6. The summed E-state index contributed by atoms with van der Waals surface area (Å²) in [7, 11) is 0. The number of aryl methyl sites for hydroxylation is 1. The van der Waals surface area contributed by atoms with Crippen LogP contribution in [0.3, 0.4) is 0 Å². The zero-order valence-electron chi connectivity index (χ0n) is 25.6. The lowest BCUT2D eigenvalue weighted by Crippen LogP contribution is -2.52. The van der Waals surface area contributed by atoms with Crippen molar-refractivity contribution >= 4 is 11.8 Å². The predicted molar refractivity (Wildman–Crippen MR) is 161 cm³/mol. The molecule has 0 bridgehead atoms. The fourth-order valence-corrected chi connectivity index (χ4v) is 5.65. The van der Waals surface area contributed by atoms with Crippen molar-refractivity contribution in [3.05, 3.63) is 58.7 Å². The number of carbonyl (C=O) groups excluding carboxylic acids is 2. The number of hydrogen-bond acceptors (Lipinski definition) is 6. The molecule has 1 heterocycles. The quantitative estimate of drug-likeness (QED) is 0.274. The van der Waals surface area contributed by atoms with Crippen LogP contribution in [-0.4, -0.2) is 60.8 Å². The smallest absolute Gasteiger partial charge is 0.318 e. The lowest BCUT2D eigenvalue weighted by atomic mass is 9.92. The molecule has 4 atom stereocenters. The van der Waals surface area contributed by atoms with E-state index in [9.17, 15) is 14.7 Å². The molecule has 1 saturated heterocycles. The standard InChI is InChI=1S/C33H48N2O6/c1-7-40-30-20-27(22(3)32(41-8-2)31(30)25(6)37)23(4)35(18-13-12-16-26-14-10-9-11-15-26)33(38)34-29-17-19-39-21-28(29)24(5)36/h9-11,14-15,20,23,25,28-29,37H,7-8,12-13,16-19,21H2,1-6H3,(H,34,38)/t23-,25?,28?,29?/m1/s1. The molecule has 0 aliphatic carbocycles. The number of urea groups is 1. The Kier molecular flexibility index (Phi) is 12.5. The highest BCUT2D eigenvalue weighted by Crippen LogP contribution is 2.42. The molecule has 41 heavy (non-hydrogen) atoms. The molecule has 3 unspecified atom stereocenters. The molecule has 0 aromatic heterocycles. The zero-order chi connectivity index (χ0) is 29.9. The van der Waals surface area contributed by atoms with E-state index in [1.165, 1.54) is 5.56 Å². The second kappa shape index (κ2) is 15.8. The van der Waals surface area contributed by atoms with Crippen LogP contribution < -0.4 is 14.8 Å². The molecule has 2 amide bonds. The first kappa shape index (κ1) is 32.4. The highest BCUT2D eigenvalue weighted by Gasteiger charge is 2.34. The second-order valence-corrected chi connectivity index (χ2v) is 10.8. The lowest BCUT2D eigenvalue weighted by Gasteiger charge is -2.36. The fraction of sp³-hybridized carbons (Fsp3) is 0.576. The van der Waals surface area contributed by atoms with Crippen LogP contribution in [-0.2, 0) is 16.0 Å². The van der Waals surface area contributed by atoms with E-state index in [1.807, 2.05) is 56.9 Å². The van der Waals surface area contributed by atoms with Gasteiger partial charge in [-0.05, 0) is 90.0 Å². The molecular weight excluding hydrogens is 520 g/mol. The summed E-state index contributed by atoms with van der Waals surface area (Å²) in [6, 6.07) is 11.5. The maximum atomic E-state index is 13.9. The van der Waals surface area contributed by atoms with Crippen LogP contribution >= 0.6 is 0 Å². The SMILES string of the molecule is CCOc1cc([C@@H](C)N(CCCCc2ccccc2)C(=O)NC2CCOCC2C(C)=O)c(C)c(OCC)c1C(C)O. The number of hydrogen-bond donors (Lipinski definition) is 2. The topological polar surface area (TPSA) is 97.3 Å². The summed E-state index contributed by atoms with van der Waals surface area (Å²) in [5.41, 5.74) is 3.66. The lowest BCUT2D eigenvalue weighted by molar-refractivity contribution is -0.125. The highest BCUT2D eigenvalue weighted by molar-refractivity contribution is 5.81. The van der Waals surface area contributed by atoms with Crippen molar-refractivity contribution in [3.63, 3.8) is 0 Å². The van der Waals surface area contributed by atoms with Gasteiger partial charge in [-0.3, -0.25) is 4.79 Å². The number of amides is 2. The number of ether oxygens (including phenoxy) is 3. The maximum absolute atomic E-state index is 13.9. The molecule has 1 fully saturated rings. The number of benzene rings is 2. The van der Waals surface area contributed by atoms with Gasteiger partial charge < -0.3 is 29.5 Å². The third-order valence-electron chi connectivity index (χ3n) is 7.90. The maximum Gasteiger partial charge on any atom is 0.318 e. The Balaban J connectivity index is 1.93. The minimum atomic E-state index is -0.782. The number of nitrogens with zero attached hydrogens (tertiary/aromatic N) is 1. The Hall–Kier alpha value is -3.10. The molecule has 3 rings (SSSR count). The first-order chi connectivity index (χ1) is 19.7. The van der Waals surface area contributed by atoms with Crippen molar-refractivity contribution in [2.75, 3.05) is 33.0 Å². The van der Waals surface area contributed by atoms with E-state index in [1.54, 1.807) is 13.8 Å². The molecule has 226 valence electrons. The van der Waals surface area contributed by atoms with Crippen LogP contribution in [0.1, 0.15) is 88.3 Å². The van der Waals surface area contributed by atoms with E-state index in [2.05, 4.69) is 17.4 Å². The number of aliphatic hydroxyl groups is 1. The number of rotatable bonds is 14. The summed E-state index contributed by atoms with van der Waals surface area (Å²) in [6.45, 7) is 13.3. The monoisotopic (exact) mass is 568 g/mol. The summed E-state index contributed by atoms with van der Waals surface area (Å²) in [6.07, 6.45) is 2.50. The van der Waals surface area contributed by atoms with Gasteiger partial charge in [-0.1, -0.05) is 30.3 Å². The molecule has 0 saturated carbocycles. The normalized spacial score (nSPS) is 18.3. The number of carbonyl (C=O) groups is 2. The third-order valence-corrected chi connectivity index (χ3v) is 7.90.